The number of carbonyl (C=O) groups excluding carboxylic acids is 1. The number of amides is 1. The lowest BCUT2D eigenvalue weighted by molar-refractivity contribution is 0.0751. The van der Waals surface area contributed by atoms with Gasteiger partial charge in [0.05, 0.1) is 22.3 Å². The summed E-state index contributed by atoms with van der Waals surface area (Å²) < 4.78 is 15.4. The molecule has 0 saturated carbocycles. The van der Waals surface area contributed by atoms with E-state index in [1.54, 1.807) is 31.0 Å². The molecule has 0 bridgehead atoms. The van der Waals surface area contributed by atoms with Crippen molar-refractivity contribution in [3.05, 3.63) is 57.2 Å². The van der Waals surface area contributed by atoms with Crippen LogP contribution < -0.4 is 10.5 Å². The number of fused-ring (bicyclic) bond motifs is 1. The van der Waals surface area contributed by atoms with Crippen LogP contribution in [0.5, 0.6) is 0 Å². The van der Waals surface area contributed by atoms with E-state index < -0.39 is 0 Å². The third-order valence-corrected chi connectivity index (χ3v) is 6.15. The molecule has 1 amide bonds. The first-order valence-electron chi connectivity index (χ1n) is 8.71. The number of carbonyl (C=O) groups is 1. The van der Waals surface area contributed by atoms with Gasteiger partial charge in [0.25, 0.3) is 11.5 Å². The molecular weight excluding hydrogens is 367 g/mol. The number of para-hydroxylation sites is 1. The van der Waals surface area contributed by atoms with Crippen molar-refractivity contribution in [2.24, 2.45) is 7.05 Å². The zero-order chi connectivity index (χ0) is 19.1. The van der Waals surface area contributed by atoms with Gasteiger partial charge in [-0.1, -0.05) is 12.1 Å². The molecule has 0 unspecified atom stereocenters. The summed E-state index contributed by atoms with van der Waals surface area (Å²) in [4.78, 5) is 34.5. The van der Waals surface area contributed by atoms with Gasteiger partial charge in [-0.25, -0.2) is 9.37 Å². The van der Waals surface area contributed by atoms with Gasteiger partial charge in [0.1, 0.15) is 10.6 Å². The quantitative estimate of drug-likeness (QED) is 0.679. The Morgan fingerprint density at radius 3 is 2.59 bits per heavy atom. The van der Waals surface area contributed by atoms with Crippen LogP contribution in [0.1, 0.15) is 15.2 Å². The van der Waals surface area contributed by atoms with Crippen LogP contribution in [0, 0.1) is 12.7 Å². The average Bonchev–Trinajstić information content (AvgIpc) is 3.02. The number of aromatic nitrogens is 2. The molecule has 0 N–H and O–H groups in total. The zero-order valence-electron chi connectivity index (χ0n) is 15.1. The van der Waals surface area contributed by atoms with Crippen LogP contribution in [0.4, 0.5) is 10.1 Å². The molecule has 0 radical (unpaired) electrons. The summed E-state index contributed by atoms with van der Waals surface area (Å²) >= 11 is 1.26. The predicted molar refractivity (Wildman–Crippen MR) is 104 cm³/mol. The van der Waals surface area contributed by atoms with Gasteiger partial charge in [-0.05, 0) is 24.6 Å². The van der Waals surface area contributed by atoms with Gasteiger partial charge in [0.2, 0.25) is 0 Å². The second-order valence-electron chi connectivity index (χ2n) is 6.63. The van der Waals surface area contributed by atoms with Gasteiger partial charge in [0.15, 0.2) is 0 Å². The highest BCUT2D eigenvalue weighted by Crippen LogP contribution is 2.28. The first-order valence-corrected chi connectivity index (χ1v) is 9.52. The average molecular weight is 386 g/mol. The van der Waals surface area contributed by atoms with Crippen molar-refractivity contribution in [3.63, 3.8) is 0 Å². The number of aryl methyl sites for hydroxylation is 2. The summed E-state index contributed by atoms with van der Waals surface area (Å²) in [6, 6.07) is 6.68. The van der Waals surface area contributed by atoms with Gasteiger partial charge in [-0.15, -0.1) is 11.3 Å². The largest absolute Gasteiger partial charge is 0.366 e. The number of rotatable bonds is 2. The van der Waals surface area contributed by atoms with Crippen molar-refractivity contribution < 1.29 is 9.18 Å². The molecule has 0 spiro atoms. The lowest BCUT2D eigenvalue weighted by Crippen LogP contribution is -2.49. The van der Waals surface area contributed by atoms with Crippen molar-refractivity contribution >= 4 is 33.1 Å². The molecule has 27 heavy (non-hydrogen) atoms. The number of benzene rings is 1. The SMILES string of the molecule is Cc1c(C(=O)N2CCN(c3ccccc3F)CC2)sc2ncn(C)c(=O)c12. The summed E-state index contributed by atoms with van der Waals surface area (Å²) in [6.45, 7) is 3.94. The summed E-state index contributed by atoms with van der Waals surface area (Å²) in [6.07, 6.45) is 1.47. The van der Waals surface area contributed by atoms with Crippen molar-refractivity contribution in [2.75, 3.05) is 31.1 Å². The number of anilines is 1. The second-order valence-corrected chi connectivity index (χ2v) is 7.63. The molecule has 1 aliphatic heterocycles. The Labute approximate surface area is 159 Å². The number of thiophene rings is 1. The lowest BCUT2D eigenvalue weighted by Gasteiger charge is -2.36. The van der Waals surface area contributed by atoms with Crippen LogP contribution in [0.2, 0.25) is 0 Å². The van der Waals surface area contributed by atoms with E-state index in [-0.39, 0.29) is 17.3 Å². The molecule has 3 heterocycles. The normalized spacial score (nSPS) is 14.8. The summed E-state index contributed by atoms with van der Waals surface area (Å²) in [7, 11) is 1.65. The zero-order valence-corrected chi connectivity index (χ0v) is 15.9. The van der Waals surface area contributed by atoms with E-state index in [0.29, 0.717) is 52.5 Å². The highest BCUT2D eigenvalue weighted by atomic mass is 32.1. The number of piperazine rings is 1. The number of halogens is 1. The molecular formula is C19H19FN4O2S. The van der Waals surface area contributed by atoms with E-state index >= 15 is 0 Å². The molecule has 4 rings (SSSR count). The van der Waals surface area contributed by atoms with E-state index in [9.17, 15) is 14.0 Å². The second kappa shape index (κ2) is 6.77. The van der Waals surface area contributed by atoms with Crippen molar-refractivity contribution in [3.8, 4) is 0 Å². The van der Waals surface area contributed by atoms with Crippen molar-refractivity contribution in [2.45, 2.75) is 6.92 Å². The Kier molecular flexibility index (Phi) is 4.43. The van der Waals surface area contributed by atoms with Gasteiger partial charge in [-0.3, -0.25) is 9.59 Å². The molecule has 8 heteroatoms. The molecule has 140 valence electrons. The Morgan fingerprint density at radius 2 is 1.89 bits per heavy atom. The minimum Gasteiger partial charge on any atom is -0.366 e. The van der Waals surface area contributed by atoms with Gasteiger partial charge < -0.3 is 14.4 Å². The van der Waals surface area contributed by atoms with Crippen LogP contribution in [0.3, 0.4) is 0 Å². The van der Waals surface area contributed by atoms with Crippen LogP contribution >= 0.6 is 11.3 Å². The topological polar surface area (TPSA) is 58.4 Å². The van der Waals surface area contributed by atoms with Gasteiger partial charge >= 0.3 is 0 Å². The van der Waals surface area contributed by atoms with E-state index in [4.69, 9.17) is 0 Å². The monoisotopic (exact) mass is 386 g/mol. The number of hydrogen-bond acceptors (Lipinski definition) is 5. The summed E-state index contributed by atoms with van der Waals surface area (Å²) in [5.41, 5.74) is 1.11. The lowest BCUT2D eigenvalue weighted by atomic mass is 10.2. The van der Waals surface area contributed by atoms with Crippen molar-refractivity contribution in [1.29, 1.82) is 0 Å². The number of nitrogens with zero attached hydrogens (tertiary/aromatic N) is 4. The molecule has 0 aliphatic carbocycles. The maximum atomic E-state index is 14.0. The molecule has 1 saturated heterocycles. The standard InChI is InChI=1S/C19H19FN4O2S/c1-12-15-17(21-11-22(2)18(15)25)27-16(12)19(26)24-9-7-23(8-10-24)14-6-4-3-5-13(14)20/h3-6,11H,7-10H2,1-2H3. The highest BCUT2D eigenvalue weighted by Gasteiger charge is 2.27. The molecule has 0 atom stereocenters. The fraction of sp³-hybridized carbons (Fsp3) is 0.316. The van der Waals surface area contributed by atoms with E-state index in [0.717, 1.165) is 0 Å². The van der Waals surface area contributed by atoms with Crippen LogP contribution in [-0.4, -0.2) is 46.5 Å². The van der Waals surface area contributed by atoms with Gasteiger partial charge in [-0.2, -0.15) is 0 Å². The van der Waals surface area contributed by atoms with Crippen LogP contribution in [0.15, 0.2) is 35.4 Å². The Hall–Kier alpha value is -2.74. The van der Waals surface area contributed by atoms with Crippen LogP contribution in [-0.2, 0) is 7.05 Å². The molecule has 1 aromatic carbocycles. The van der Waals surface area contributed by atoms with E-state index in [1.165, 1.54) is 28.3 Å². The van der Waals surface area contributed by atoms with Crippen LogP contribution in [0.25, 0.3) is 10.2 Å². The smallest absolute Gasteiger partial charge is 0.264 e. The fourth-order valence-corrected chi connectivity index (χ4v) is 4.52. The van der Waals surface area contributed by atoms with E-state index in [1.807, 2.05) is 11.0 Å². The van der Waals surface area contributed by atoms with Gasteiger partial charge in [0, 0.05) is 33.2 Å². The molecule has 2 aromatic heterocycles. The molecule has 1 fully saturated rings. The molecule has 6 nitrogen and oxygen atoms in total. The van der Waals surface area contributed by atoms with E-state index in [2.05, 4.69) is 4.98 Å². The Bertz CT molecular complexity index is 1080. The third kappa shape index (κ3) is 2.99. The number of hydrogen-bond donors (Lipinski definition) is 0. The molecule has 3 aromatic rings. The first kappa shape index (κ1) is 17.7. The summed E-state index contributed by atoms with van der Waals surface area (Å²) in [5, 5.41) is 0.512. The predicted octanol–water partition coefficient (Wildman–Crippen LogP) is 2.40. The fourth-order valence-electron chi connectivity index (χ4n) is 3.42. The minimum absolute atomic E-state index is 0.0919. The third-order valence-electron chi connectivity index (χ3n) is 4.96. The highest BCUT2D eigenvalue weighted by molar-refractivity contribution is 7.20. The van der Waals surface area contributed by atoms with Crippen molar-refractivity contribution in [1.82, 2.24) is 14.5 Å². The Balaban J connectivity index is 1.56. The maximum Gasteiger partial charge on any atom is 0.264 e. The first-order chi connectivity index (χ1) is 13.0. The molecule has 1 aliphatic rings. The Morgan fingerprint density at radius 1 is 1.19 bits per heavy atom. The summed E-state index contributed by atoms with van der Waals surface area (Å²) in [5.74, 6) is -0.342. The maximum absolute atomic E-state index is 14.0. The minimum atomic E-state index is -0.250.